The quantitative estimate of drug-likeness (QED) is 0.285. The molecule has 1 aromatic heterocycles. The Labute approximate surface area is 172 Å². The van der Waals surface area contributed by atoms with Gasteiger partial charge in [0, 0.05) is 21.7 Å². The minimum atomic E-state index is 0.913. The summed E-state index contributed by atoms with van der Waals surface area (Å²) in [6.07, 6.45) is 0. The third kappa shape index (κ3) is 2.08. The molecule has 0 atom stereocenters. The topological polar surface area (TPSA) is 22.4 Å². The minimum absolute atomic E-state index is 0.913. The average Bonchev–Trinajstić information content (AvgIpc) is 3.17. The monoisotopic (exact) mass is 384 g/mol. The molecule has 0 radical (unpaired) electrons. The van der Waals surface area contributed by atoms with Crippen LogP contribution < -0.4 is 4.74 Å². The van der Waals surface area contributed by atoms with Crippen LogP contribution in [0.2, 0.25) is 0 Å². The van der Waals surface area contributed by atoms with E-state index in [2.05, 4.69) is 72.8 Å². The molecule has 0 amide bonds. The minimum Gasteiger partial charge on any atom is -0.456 e. The van der Waals surface area contributed by atoms with Gasteiger partial charge >= 0.3 is 0 Å². The number of furan rings is 1. The molecule has 1 aliphatic rings. The van der Waals surface area contributed by atoms with E-state index in [1.807, 2.05) is 24.3 Å². The normalized spacial score (nSPS) is 12.3. The predicted molar refractivity (Wildman–Crippen MR) is 122 cm³/mol. The summed E-state index contributed by atoms with van der Waals surface area (Å²) in [7, 11) is 0. The first-order chi connectivity index (χ1) is 14.9. The Bertz CT molecular complexity index is 1620. The first kappa shape index (κ1) is 15.8. The molecule has 140 valence electrons. The summed E-state index contributed by atoms with van der Waals surface area (Å²) in [5, 5.41) is 4.66. The SMILES string of the molecule is c1ccc2c(c1)Oc1ccc(-c3ccc4oc5ccccc5c4c3)c3cccc-2c13. The van der Waals surface area contributed by atoms with E-state index in [-0.39, 0.29) is 0 Å². The molecule has 0 bridgehead atoms. The van der Waals surface area contributed by atoms with Crippen molar-refractivity contribution in [2.24, 2.45) is 0 Å². The van der Waals surface area contributed by atoms with Gasteiger partial charge in [-0.15, -0.1) is 0 Å². The Morgan fingerprint density at radius 3 is 2.27 bits per heavy atom. The fourth-order valence-electron chi connectivity index (χ4n) is 4.73. The van der Waals surface area contributed by atoms with E-state index in [0.717, 1.165) is 39.0 Å². The first-order valence-corrected chi connectivity index (χ1v) is 10.1. The highest BCUT2D eigenvalue weighted by Gasteiger charge is 2.21. The molecule has 1 aliphatic heterocycles. The van der Waals surface area contributed by atoms with Crippen LogP contribution in [0.3, 0.4) is 0 Å². The molecule has 2 heteroatoms. The molecule has 2 nitrogen and oxygen atoms in total. The first-order valence-electron chi connectivity index (χ1n) is 10.1. The maximum atomic E-state index is 6.24. The lowest BCUT2D eigenvalue weighted by Crippen LogP contribution is -1.97. The van der Waals surface area contributed by atoms with Crippen LogP contribution in [0, 0.1) is 0 Å². The van der Waals surface area contributed by atoms with E-state index in [4.69, 9.17) is 9.15 Å². The molecule has 2 heterocycles. The Balaban J connectivity index is 1.52. The number of para-hydroxylation sites is 2. The molecular weight excluding hydrogens is 368 g/mol. The van der Waals surface area contributed by atoms with Crippen molar-refractivity contribution in [3.63, 3.8) is 0 Å². The highest BCUT2D eigenvalue weighted by Crippen LogP contribution is 2.48. The zero-order valence-corrected chi connectivity index (χ0v) is 16.1. The summed E-state index contributed by atoms with van der Waals surface area (Å²) >= 11 is 0. The van der Waals surface area contributed by atoms with Gasteiger partial charge in [-0.2, -0.15) is 0 Å². The van der Waals surface area contributed by atoms with Crippen molar-refractivity contribution in [2.45, 2.75) is 0 Å². The molecule has 0 fully saturated rings. The van der Waals surface area contributed by atoms with Crippen LogP contribution >= 0.6 is 0 Å². The van der Waals surface area contributed by atoms with Crippen LogP contribution in [0.1, 0.15) is 0 Å². The summed E-state index contributed by atoms with van der Waals surface area (Å²) in [6, 6.07) is 33.7. The zero-order valence-electron chi connectivity index (χ0n) is 16.1. The van der Waals surface area contributed by atoms with E-state index >= 15 is 0 Å². The molecule has 0 spiro atoms. The van der Waals surface area contributed by atoms with Gasteiger partial charge in [0.05, 0.1) is 0 Å². The molecule has 30 heavy (non-hydrogen) atoms. The molecule has 6 aromatic rings. The van der Waals surface area contributed by atoms with Crippen molar-refractivity contribution in [1.29, 1.82) is 0 Å². The average molecular weight is 384 g/mol. The lowest BCUT2D eigenvalue weighted by Gasteiger charge is -2.22. The summed E-state index contributed by atoms with van der Waals surface area (Å²) in [6.45, 7) is 0. The molecule has 0 N–H and O–H groups in total. The molecular formula is C28H16O2. The maximum absolute atomic E-state index is 6.24. The van der Waals surface area contributed by atoms with Crippen molar-refractivity contribution < 1.29 is 9.15 Å². The third-order valence-electron chi connectivity index (χ3n) is 6.09. The third-order valence-corrected chi connectivity index (χ3v) is 6.09. The highest BCUT2D eigenvalue weighted by atomic mass is 16.5. The van der Waals surface area contributed by atoms with Crippen LogP contribution in [-0.2, 0) is 0 Å². The molecule has 0 saturated heterocycles. The van der Waals surface area contributed by atoms with Crippen LogP contribution in [0.4, 0.5) is 0 Å². The zero-order chi connectivity index (χ0) is 19.7. The smallest absolute Gasteiger partial charge is 0.135 e. The maximum Gasteiger partial charge on any atom is 0.135 e. The lowest BCUT2D eigenvalue weighted by molar-refractivity contribution is 0.487. The van der Waals surface area contributed by atoms with Crippen molar-refractivity contribution in [3.05, 3.63) is 97.1 Å². The van der Waals surface area contributed by atoms with Gasteiger partial charge in [0.15, 0.2) is 0 Å². The van der Waals surface area contributed by atoms with Crippen LogP contribution in [0.5, 0.6) is 11.5 Å². The fraction of sp³-hybridized carbons (Fsp3) is 0. The second kappa shape index (κ2) is 5.74. The van der Waals surface area contributed by atoms with Crippen molar-refractivity contribution >= 4 is 32.7 Å². The van der Waals surface area contributed by atoms with Crippen molar-refractivity contribution in [3.8, 4) is 33.8 Å². The van der Waals surface area contributed by atoms with Gasteiger partial charge in [0.1, 0.15) is 22.7 Å². The molecule has 7 rings (SSSR count). The standard InChI is InChI=1S/C28H16O2/c1-3-10-24-19(6-1)22-9-5-8-21-18(13-15-27(30-24)28(21)22)17-12-14-26-23(16-17)20-7-2-4-11-25(20)29-26/h1-16H. The number of rotatable bonds is 1. The number of fused-ring (bicyclic) bond motifs is 5. The van der Waals surface area contributed by atoms with Gasteiger partial charge in [-0.1, -0.05) is 66.7 Å². The van der Waals surface area contributed by atoms with Crippen molar-refractivity contribution in [2.75, 3.05) is 0 Å². The van der Waals surface area contributed by atoms with Crippen LogP contribution in [0.25, 0.3) is 55.0 Å². The largest absolute Gasteiger partial charge is 0.456 e. The number of hydrogen-bond donors (Lipinski definition) is 0. The van der Waals surface area contributed by atoms with Gasteiger partial charge in [0.25, 0.3) is 0 Å². The highest BCUT2D eigenvalue weighted by molar-refractivity contribution is 6.12. The van der Waals surface area contributed by atoms with Gasteiger partial charge in [-0.3, -0.25) is 0 Å². The summed E-state index contributed by atoms with van der Waals surface area (Å²) < 4.78 is 12.3. The molecule has 0 aliphatic carbocycles. The Hall–Kier alpha value is -4.04. The van der Waals surface area contributed by atoms with E-state index in [1.54, 1.807) is 0 Å². The van der Waals surface area contributed by atoms with Gasteiger partial charge in [-0.25, -0.2) is 0 Å². The number of ether oxygens (including phenoxy) is 1. The van der Waals surface area contributed by atoms with E-state index in [0.29, 0.717) is 0 Å². The summed E-state index contributed by atoms with van der Waals surface area (Å²) in [5.74, 6) is 1.83. The Morgan fingerprint density at radius 2 is 1.27 bits per heavy atom. The van der Waals surface area contributed by atoms with Crippen LogP contribution in [-0.4, -0.2) is 0 Å². The second-order valence-corrected chi connectivity index (χ2v) is 7.75. The van der Waals surface area contributed by atoms with E-state index in [1.165, 1.54) is 27.5 Å². The fourth-order valence-corrected chi connectivity index (χ4v) is 4.73. The van der Waals surface area contributed by atoms with E-state index < -0.39 is 0 Å². The van der Waals surface area contributed by atoms with Gasteiger partial charge < -0.3 is 9.15 Å². The second-order valence-electron chi connectivity index (χ2n) is 7.75. The van der Waals surface area contributed by atoms with Crippen LogP contribution in [0.15, 0.2) is 101 Å². The lowest BCUT2D eigenvalue weighted by atomic mass is 9.90. The summed E-state index contributed by atoms with van der Waals surface area (Å²) in [4.78, 5) is 0. The Kier molecular flexibility index (Phi) is 3.03. The Morgan fingerprint density at radius 1 is 0.467 bits per heavy atom. The number of benzene rings is 5. The van der Waals surface area contributed by atoms with Gasteiger partial charge in [-0.05, 0) is 52.4 Å². The predicted octanol–water partition coefficient (Wildman–Crippen LogP) is 8.18. The number of hydrogen-bond acceptors (Lipinski definition) is 2. The van der Waals surface area contributed by atoms with Crippen molar-refractivity contribution in [1.82, 2.24) is 0 Å². The molecule has 0 saturated carbocycles. The molecule has 0 unspecified atom stereocenters. The van der Waals surface area contributed by atoms with E-state index in [9.17, 15) is 0 Å². The van der Waals surface area contributed by atoms with Gasteiger partial charge in [0.2, 0.25) is 0 Å². The molecule has 5 aromatic carbocycles. The summed E-state index contributed by atoms with van der Waals surface area (Å²) in [5.41, 5.74) is 6.58.